The molecule has 0 atom stereocenters. The van der Waals surface area contributed by atoms with Gasteiger partial charge >= 0.3 is 0 Å². The number of aryl methyl sites for hydroxylation is 1. The molecule has 0 unspecified atom stereocenters. The van der Waals surface area contributed by atoms with E-state index in [1.165, 1.54) is 0 Å². The highest BCUT2D eigenvalue weighted by Gasteiger charge is 2.16. The normalized spacial score (nSPS) is 10.4. The van der Waals surface area contributed by atoms with Crippen LogP contribution in [0.2, 0.25) is 0 Å². The van der Waals surface area contributed by atoms with Gasteiger partial charge in [-0.15, -0.1) is 5.10 Å². The molecule has 0 bridgehead atoms. The lowest BCUT2D eigenvalue weighted by Crippen LogP contribution is -2.21. The van der Waals surface area contributed by atoms with Crippen molar-refractivity contribution in [1.29, 1.82) is 0 Å². The number of carbonyl (C=O) groups is 2. The van der Waals surface area contributed by atoms with Crippen LogP contribution in [-0.2, 0) is 11.3 Å². The van der Waals surface area contributed by atoms with Gasteiger partial charge in [-0.05, 0) is 30.7 Å². The van der Waals surface area contributed by atoms with E-state index in [1.807, 2.05) is 19.1 Å². The Kier molecular flexibility index (Phi) is 4.22. The van der Waals surface area contributed by atoms with E-state index < -0.39 is 5.91 Å². The lowest BCUT2D eigenvalue weighted by atomic mass is 10.2. The van der Waals surface area contributed by atoms with Crippen molar-refractivity contribution in [1.82, 2.24) is 15.0 Å². The average Bonchev–Trinajstić information content (AvgIpc) is 2.75. The van der Waals surface area contributed by atoms with E-state index in [1.54, 1.807) is 6.07 Å². The van der Waals surface area contributed by atoms with Crippen LogP contribution >= 0.6 is 15.9 Å². The fraction of sp³-hybridized carbons (Fsp3) is 0.167. The number of hydrogen-bond acceptors (Lipinski definition) is 5. The third kappa shape index (κ3) is 3.37. The van der Waals surface area contributed by atoms with Crippen LogP contribution in [0, 0.1) is 6.92 Å². The highest BCUT2D eigenvalue weighted by atomic mass is 79.9. The lowest BCUT2D eigenvalue weighted by Gasteiger charge is -2.07. The predicted octanol–water partition coefficient (Wildman–Crippen LogP) is 0.669. The largest absolute Gasteiger partial charge is 0.382 e. The number of aromatic nitrogens is 3. The van der Waals surface area contributed by atoms with Crippen LogP contribution < -0.4 is 16.8 Å². The summed E-state index contributed by atoms with van der Waals surface area (Å²) in [5.41, 5.74) is 12.2. The molecule has 0 saturated carbocycles. The Morgan fingerprint density at radius 2 is 2.14 bits per heavy atom. The van der Waals surface area contributed by atoms with E-state index in [4.69, 9.17) is 11.5 Å². The summed E-state index contributed by atoms with van der Waals surface area (Å²) in [5.74, 6) is -1.17. The Labute approximate surface area is 128 Å². The van der Waals surface area contributed by atoms with Gasteiger partial charge in [-0.25, -0.2) is 4.68 Å². The van der Waals surface area contributed by atoms with E-state index in [0.717, 1.165) is 14.7 Å². The van der Waals surface area contributed by atoms with Gasteiger partial charge < -0.3 is 16.8 Å². The second-order valence-corrected chi connectivity index (χ2v) is 5.21. The fourth-order valence-corrected chi connectivity index (χ4v) is 1.92. The molecule has 0 aliphatic rings. The molecule has 8 nitrogen and oxygen atoms in total. The van der Waals surface area contributed by atoms with Gasteiger partial charge in [0.1, 0.15) is 6.54 Å². The highest BCUT2D eigenvalue weighted by molar-refractivity contribution is 9.10. The van der Waals surface area contributed by atoms with Crippen molar-refractivity contribution in [2.24, 2.45) is 5.73 Å². The first-order valence-electron chi connectivity index (χ1n) is 5.93. The molecule has 1 aromatic carbocycles. The van der Waals surface area contributed by atoms with Crippen LogP contribution in [0.4, 0.5) is 11.5 Å². The first kappa shape index (κ1) is 15.0. The summed E-state index contributed by atoms with van der Waals surface area (Å²) < 4.78 is 2.06. The van der Waals surface area contributed by atoms with E-state index in [2.05, 4.69) is 31.6 Å². The van der Waals surface area contributed by atoms with Gasteiger partial charge in [-0.3, -0.25) is 9.59 Å². The molecule has 2 rings (SSSR count). The molecule has 0 fully saturated rings. The number of nitrogen functional groups attached to an aromatic ring is 1. The third-order valence-electron chi connectivity index (χ3n) is 2.74. The van der Waals surface area contributed by atoms with E-state index >= 15 is 0 Å². The topological polar surface area (TPSA) is 129 Å². The minimum absolute atomic E-state index is 0.0374. The number of nitrogens with zero attached hydrogens (tertiary/aromatic N) is 3. The van der Waals surface area contributed by atoms with Gasteiger partial charge in [-0.1, -0.05) is 21.1 Å². The van der Waals surface area contributed by atoms with Crippen molar-refractivity contribution in [3.8, 4) is 0 Å². The highest BCUT2D eigenvalue weighted by Crippen LogP contribution is 2.20. The second kappa shape index (κ2) is 5.92. The summed E-state index contributed by atoms with van der Waals surface area (Å²) in [6, 6.07) is 5.41. The molecule has 2 amide bonds. The number of carbonyl (C=O) groups excluding carboxylic acids is 2. The van der Waals surface area contributed by atoms with E-state index in [9.17, 15) is 9.59 Å². The summed E-state index contributed by atoms with van der Waals surface area (Å²) in [7, 11) is 0. The van der Waals surface area contributed by atoms with E-state index in [-0.39, 0.29) is 24.0 Å². The van der Waals surface area contributed by atoms with Crippen LogP contribution in [-0.4, -0.2) is 26.8 Å². The third-order valence-corrected chi connectivity index (χ3v) is 3.63. The number of rotatable bonds is 4. The van der Waals surface area contributed by atoms with Gasteiger partial charge in [0.2, 0.25) is 5.91 Å². The molecule has 110 valence electrons. The van der Waals surface area contributed by atoms with Crippen molar-refractivity contribution in [3.05, 3.63) is 33.9 Å². The molecule has 0 aliphatic carbocycles. The molecule has 1 aromatic heterocycles. The van der Waals surface area contributed by atoms with Gasteiger partial charge in [0, 0.05) is 10.2 Å². The number of nitrogens with two attached hydrogens (primary N) is 2. The molecular formula is C12H13BrN6O2. The predicted molar refractivity (Wildman–Crippen MR) is 80.5 cm³/mol. The van der Waals surface area contributed by atoms with Crippen LogP contribution in [0.25, 0.3) is 0 Å². The lowest BCUT2D eigenvalue weighted by molar-refractivity contribution is -0.116. The molecule has 21 heavy (non-hydrogen) atoms. The van der Waals surface area contributed by atoms with Gasteiger partial charge in [-0.2, -0.15) is 0 Å². The Bertz CT molecular complexity index is 712. The van der Waals surface area contributed by atoms with E-state index in [0.29, 0.717) is 5.69 Å². The Morgan fingerprint density at radius 3 is 2.71 bits per heavy atom. The smallest absolute Gasteiger partial charge is 0.273 e. The van der Waals surface area contributed by atoms with Gasteiger partial charge in [0.05, 0.1) is 0 Å². The Hall–Kier alpha value is -2.42. The molecule has 0 aliphatic heterocycles. The molecular weight excluding hydrogens is 340 g/mol. The minimum Gasteiger partial charge on any atom is -0.382 e. The van der Waals surface area contributed by atoms with Crippen molar-refractivity contribution >= 4 is 39.2 Å². The van der Waals surface area contributed by atoms with Crippen molar-refractivity contribution in [2.45, 2.75) is 13.5 Å². The molecule has 9 heteroatoms. The number of hydrogen-bond donors (Lipinski definition) is 3. The quantitative estimate of drug-likeness (QED) is 0.744. The summed E-state index contributed by atoms with van der Waals surface area (Å²) in [5, 5.41) is 9.86. The van der Waals surface area contributed by atoms with Crippen molar-refractivity contribution in [2.75, 3.05) is 11.1 Å². The fourth-order valence-electron chi connectivity index (χ4n) is 1.67. The maximum atomic E-state index is 11.9. The number of anilines is 2. The monoisotopic (exact) mass is 352 g/mol. The molecule has 5 N–H and O–H groups in total. The molecule has 1 heterocycles. The van der Waals surface area contributed by atoms with Crippen LogP contribution in [0.1, 0.15) is 16.1 Å². The second-order valence-electron chi connectivity index (χ2n) is 4.36. The maximum absolute atomic E-state index is 11.9. The molecule has 0 spiro atoms. The van der Waals surface area contributed by atoms with Crippen LogP contribution in [0.5, 0.6) is 0 Å². The molecule has 0 saturated heterocycles. The zero-order valence-electron chi connectivity index (χ0n) is 11.1. The van der Waals surface area contributed by atoms with Crippen LogP contribution in [0.15, 0.2) is 22.7 Å². The number of primary amides is 1. The number of halogens is 1. The van der Waals surface area contributed by atoms with Crippen LogP contribution in [0.3, 0.4) is 0 Å². The number of nitrogens with one attached hydrogen (secondary N) is 1. The Balaban J connectivity index is 2.08. The summed E-state index contributed by atoms with van der Waals surface area (Å²) in [6.45, 7) is 1.75. The SMILES string of the molecule is Cc1cc(NC(=O)Cn2nnc(C(N)=O)c2N)ccc1Br. The molecule has 2 aromatic rings. The number of amides is 2. The maximum Gasteiger partial charge on any atom is 0.273 e. The van der Waals surface area contributed by atoms with Crippen molar-refractivity contribution < 1.29 is 9.59 Å². The first-order valence-corrected chi connectivity index (χ1v) is 6.72. The zero-order chi connectivity index (χ0) is 15.6. The average molecular weight is 353 g/mol. The summed E-state index contributed by atoms with van der Waals surface area (Å²) in [4.78, 5) is 22.9. The Morgan fingerprint density at radius 1 is 1.43 bits per heavy atom. The molecule has 0 radical (unpaired) electrons. The summed E-state index contributed by atoms with van der Waals surface area (Å²) >= 11 is 3.38. The van der Waals surface area contributed by atoms with Crippen molar-refractivity contribution in [3.63, 3.8) is 0 Å². The number of benzene rings is 1. The zero-order valence-corrected chi connectivity index (χ0v) is 12.7. The minimum atomic E-state index is -0.789. The van der Waals surface area contributed by atoms with Gasteiger partial charge in [0.15, 0.2) is 11.5 Å². The first-order chi connectivity index (χ1) is 9.88. The standard InChI is InChI=1S/C12H13BrN6O2/c1-6-4-7(2-3-8(6)13)16-9(20)5-19-11(14)10(12(15)21)17-18-19/h2-4H,5,14H2,1H3,(H2,15,21)(H,16,20). The van der Waals surface area contributed by atoms with Gasteiger partial charge in [0.25, 0.3) is 5.91 Å². The summed E-state index contributed by atoms with van der Waals surface area (Å²) in [6.07, 6.45) is 0.